The van der Waals surface area contributed by atoms with Gasteiger partial charge in [-0.2, -0.15) is 8.78 Å². The van der Waals surface area contributed by atoms with Crippen molar-refractivity contribution in [1.29, 1.82) is 0 Å². The molecule has 1 rings (SSSR count). The van der Waals surface area contributed by atoms with Crippen LogP contribution in [-0.4, -0.2) is 30.4 Å². The molecule has 3 nitrogen and oxygen atoms in total. The highest BCUT2D eigenvalue weighted by molar-refractivity contribution is 7.94. The van der Waals surface area contributed by atoms with Crippen molar-refractivity contribution in [2.75, 3.05) is 0 Å². The van der Waals surface area contributed by atoms with Gasteiger partial charge in [0, 0.05) is 0 Å². The van der Waals surface area contributed by atoms with Crippen molar-refractivity contribution in [3.8, 4) is 0 Å². The molecule has 1 saturated heterocycles. The average molecular weight is 176 g/mol. The lowest BCUT2D eigenvalue weighted by molar-refractivity contribution is -0.127. The molecule has 2 unspecified atom stereocenters. The highest BCUT2D eigenvalue weighted by atomic mass is 32.2. The van der Waals surface area contributed by atoms with Gasteiger partial charge in [-0.15, -0.1) is 0 Å². The standard InChI is InChI=1S/C3H3F3O3S/c4-1-3(5,6)2(7)10(1,8)9/h1-2,7H. The molecule has 1 aliphatic rings. The maximum absolute atomic E-state index is 11.8. The van der Waals surface area contributed by atoms with Gasteiger partial charge >= 0.3 is 5.92 Å². The van der Waals surface area contributed by atoms with Crippen LogP contribution in [0.15, 0.2) is 0 Å². The summed E-state index contributed by atoms with van der Waals surface area (Å²) in [7, 11) is -4.61. The molecule has 0 aromatic carbocycles. The predicted octanol–water partition coefficient (Wildman–Crippen LogP) is -0.336. The van der Waals surface area contributed by atoms with Gasteiger partial charge in [0.15, 0.2) is 0 Å². The first kappa shape index (κ1) is 7.80. The fourth-order valence-electron chi connectivity index (χ4n) is 0.591. The van der Waals surface area contributed by atoms with Crippen LogP contribution in [0.4, 0.5) is 13.2 Å². The molecule has 7 heteroatoms. The summed E-state index contributed by atoms with van der Waals surface area (Å²) in [4.78, 5) is 0. The van der Waals surface area contributed by atoms with Gasteiger partial charge in [-0.05, 0) is 0 Å². The van der Waals surface area contributed by atoms with Gasteiger partial charge in [0.25, 0.3) is 5.50 Å². The van der Waals surface area contributed by atoms with E-state index in [-0.39, 0.29) is 0 Å². The van der Waals surface area contributed by atoms with Crippen molar-refractivity contribution in [3.05, 3.63) is 0 Å². The second-order valence-corrected chi connectivity index (χ2v) is 3.97. The number of sulfone groups is 1. The molecule has 0 bridgehead atoms. The number of aliphatic hydroxyl groups excluding tert-OH is 1. The summed E-state index contributed by atoms with van der Waals surface area (Å²) in [6, 6.07) is 0. The summed E-state index contributed by atoms with van der Waals surface area (Å²) in [6.45, 7) is 0. The quantitative estimate of drug-likeness (QED) is 0.549. The molecule has 0 aliphatic carbocycles. The van der Waals surface area contributed by atoms with Gasteiger partial charge in [0.05, 0.1) is 0 Å². The Labute approximate surface area is 54.4 Å². The lowest BCUT2D eigenvalue weighted by atomic mass is 10.4. The smallest absolute Gasteiger partial charge is 0.332 e. The zero-order chi connectivity index (χ0) is 8.15. The molecule has 0 spiro atoms. The van der Waals surface area contributed by atoms with Crippen LogP contribution < -0.4 is 0 Å². The molecule has 60 valence electrons. The minimum Gasteiger partial charge on any atom is -0.372 e. The molecule has 0 aromatic heterocycles. The van der Waals surface area contributed by atoms with Gasteiger partial charge < -0.3 is 5.11 Å². The lowest BCUT2D eigenvalue weighted by Crippen LogP contribution is -2.63. The minimum absolute atomic E-state index is 2.87. The van der Waals surface area contributed by atoms with Crippen LogP contribution in [0, 0.1) is 0 Å². The van der Waals surface area contributed by atoms with E-state index < -0.39 is 26.7 Å². The number of hydrogen-bond acceptors (Lipinski definition) is 3. The largest absolute Gasteiger partial charge is 0.372 e. The summed E-state index contributed by atoms with van der Waals surface area (Å²) in [6.07, 6.45) is 0. The molecule has 2 atom stereocenters. The molecule has 1 N–H and O–H groups in total. The Morgan fingerprint density at radius 1 is 1.40 bits per heavy atom. The third kappa shape index (κ3) is 0.615. The van der Waals surface area contributed by atoms with E-state index in [0.717, 1.165) is 0 Å². The van der Waals surface area contributed by atoms with Crippen molar-refractivity contribution < 1.29 is 26.7 Å². The molecule has 0 amide bonds. The predicted molar refractivity (Wildman–Crippen MR) is 24.8 cm³/mol. The summed E-state index contributed by atoms with van der Waals surface area (Å²) < 4.78 is 55.6. The van der Waals surface area contributed by atoms with Gasteiger partial charge in [0.2, 0.25) is 15.3 Å². The van der Waals surface area contributed by atoms with E-state index in [2.05, 4.69) is 0 Å². The lowest BCUT2D eigenvalue weighted by Gasteiger charge is -2.34. The number of hydrogen-bond donors (Lipinski definition) is 1. The molecule has 10 heavy (non-hydrogen) atoms. The van der Waals surface area contributed by atoms with E-state index in [1.165, 1.54) is 0 Å². The molecule has 1 heterocycles. The first-order valence-corrected chi connectivity index (χ1v) is 3.85. The molecule has 0 aromatic rings. The Balaban J connectivity index is 3.00. The van der Waals surface area contributed by atoms with Gasteiger partial charge in [-0.1, -0.05) is 0 Å². The molecular weight excluding hydrogens is 173 g/mol. The van der Waals surface area contributed by atoms with Crippen LogP contribution >= 0.6 is 0 Å². The zero-order valence-corrected chi connectivity index (χ0v) is 5.28. The van der Waals surface area contributed by atoms with E-state index in [4.69, 9.17) is 5.11 Å². The second kappa shape index (κ2) is 1.65. The normalized spacial score (nSPS) is 42.4. The fraction of sp³-hybridized carbons (Fsp3) is 1.00. The maximum atomic E-state index is 11.8. The summed E-state index contributed by atoms with van der Waals surface area (Å²) in [5.41, 5.74) is -6.11. The van der Waals surface area contributed by atoms with Crippen LogP contribution in [0.5, 0.6) is 0 Å². The minimum atomic E-state index is -4.61. The number of rotatable bonds is 0. The van der Waals surface area contributed by atoms with Crippen LogP contribution in [0.3, 0.4) is 0 Å². The van der Waals surface area contributed by atoms with Crippen molar-refractivity contribution >= 4 is 9.84 Å². The Hall–Kier alpha value is -0.300. The molecule has 0 radical (unpaired) electrons. The van der Waals surface area contributed by atoms with Crippen LogP contribution in [0.1, 0.15) is 0 Å². The third-order valence-electron chi connectivity index (χ3n) is 1.23. The van der Waals surface area contributed by atoms with Crippen molar-refractivity contribution in [3.63, 3.8) is 0 Å². The average Bonchev–Trinajstić information content (AvgIpc) is 1.84. The van der Waals surface area contributed by atoms with E-state index in [9.17, 15) is 21.6 Å². The molecule has 0 saturated carbocycles. The Morgan fingerprint density at radius 3 is 1.90 bits per heavy atom. The van der Waals surface area contributed by atoms with Crippen molar-refractivity contribution in [2.24, 2.45) is 0 Å². The van der Waals surface area contributed by atoms with Crippen molar-refractivity contribution in [1.82, 2.24) is 0 Å². The third-order valence-corrected chi connectivity index (χ3v) is 3.06. The topological polar surface area (TPSA) is 54.4 Å². The summed E-state index contributed by atoms with van der Waals surface area (Å²) in [5, 5.41) is 8.10. The molecule has 1 aliphatic heterocycles. The number of alkyl halides is 3. The monoisotopic (exact) mass is 176 g/mol. The SMILES string of the molecule is O=S1(=O)C(O)C(F)(F)C1F. The Kier molecular flexibility index (Phi) is 1.28. The zero-order valence-electron chi connectivity index (χ0n) is 4.46. The Bertz CT molecular complexity index is 228. The van der Waals surface area contributed by atoms with E-state index in [1.807, 2.05) is 0 Å². The number of halogens is 3. The summed E-state index contributed by atoms with van der Waals surface area (Å²) >= 11 is 0. The van der Waals surface area contributed by atoms with Crippen LogP contribution in [-0.2, 0) is 9.84 Å². The molecular formula is C3H3F3O3S. The van der Waals surface area contributed by atoms with E-state index >= 15 is 0 Å². The van der Waals surface area contributed by atoms with E-state index in [0.29, 0.717) is 0 Å². The fourth-order valence-corrected chi connectivity index (χ4v) is 1.72. The number of aliphatic hydroxyl groups is 1. The highest BCUT2D eigenvalue weighted by Gasteiger charge is 2.71. The first-order valence-electron chi connectivity index (χ1n) is 2.24. The van der Waals surface area contributed by atoms with Crippen molar-refractivity contribution in [2.45, 2.75) is 16.9 Å². The van der Waals surface area contributed by atoms with Crippen LogP contribution in [0.2, 0.25) is 0 Å². The highest BCUT2D eigenvalue weighted by Crippen LogP contribution is 2.43. The second-order valence-electron chi connectivity index (χ2n) is 1.93. The Morgan fingerprint density at radius 2 is 1.80 bits per heavy atom. The van der Waals surface area contributed by atoms with Gasteiger partial charge in [0.1, 0.15) is 0 Å². The summed E-state index contributed by atoms with van der Waals surface area (Å²) in [5.74, 6) is -4.13. The maximum Gasteiger partial charge on any atom is 0.332 e. The first-order chi connectivity index (χ1) is 4.31. The molecule has 1 fully saturated rings. The van der Waals surface area contributed by atoms with Gasteiger partial charge in [-0.25, -0.2) is 12.8 Å². The van der Waals surface area contributed by atoms with Crippen LogP contribution in [0.25, 0.3) is 0 Å². The van der Waals surface area contributed by atoms with E-state index in [1.54, 1.807) is 0 Å². The van der Waals surface area contributed by atoms with Gasteiger partial charge in [-0.3, -0.25) is 0 Å².